The Morgan fingerprint density at radius 2 is 1.61 bits per heavy atom. The molecule has 0 saturated carbocycles. The summed E-state index contributed by atoms with van der Waals surface area (Å²) >= 11 is 3.45. The van der Waals surface area contributed by atoms with Crippen LogP contribution in [0.5, 0.6) is 0 Å². The van der Waals surface area contributed by atoms with Gasteiger partial charge in [0.05, 0.1) is 5.69 Å². The van der Waals surface area contributed by atoms with E-state index in [1.165, 1.54) is 0 Å². The SMILES string of the molecule is C=Cc1c(N=C)nc(-c2ccccc2)nc1-c1ccc(Br)cc1. The summed E-state index contributed by atoms with van der Waals surface area (Å²) in [4.78, 5) is 13.3. The van der Waals surface area contributed by atoms with Gasteiger partial charge >= 0.3 is 0 Å². The minimum Gasteiger partial charge on any atom is -0.244 e. The summed E-state index contributed by atoms with van der Waals surface area (Å²) in [7, 11) is 0. The van der Waals surface area contributed by atoms with Crippen molar-refractivity contribution < 1.29 is 0 Å². The molecule has 3 nitrogen and oxygen atoms in total. The topological polar surface area (TPSA) is 38.1 Å². The summed E-state index contributed by atoms with van der Waals surface area (Å²) < 4.78 is 1.01. The first-order chi connectivity index (χ1) is 11.2. The molecule has 0 aliphatic heterocycles. The van der Waals surface area contributed by atoms with Gasteiger partial charge in [-0.3, -0.25) is 0 Å². The quantitative estimate of drug-likeness (QED) is 0.570. The van der Waals surface area contributed by atoms with E-state index in [0.717, 1.165) is 26.9 Å². The van der Waals surface area contributed by atoms with E-state index in [2.05, 4.69) is 39.2 Å². The van der Waals surface area contributed by atoms with Crippen molar-refractivity contribution in [3.63, 3.8) is 0 Å². The second kappa shape index (κ2) is 6.67. The molecule has 0 unspecified atom stereocenters. The summed E-state index contributed by atoms with van der Waals surface area (Å²) in [6.07, 6.45) is 1.72. The lowest BCUT2D eigenvalue weighted by atomic mass is 10.1. The second-order valence-electron chi connectivity index (χ2n) is 4.87. The highest BCUT2D eigenvalue weighted by Crippen LogP contribution is 2.32. The van der Waals surface area contributed by atoms with Crippen molar-refractivity contribution in [2.75, 3.05) is 0 Å². The van der Waals surface area contributed by atoms with E-state index < -0.39 is 0 Å². The highest BCUT2D eigenvalue weighted by Gasteiger charge is 2.14. The maximum Gasteiger partial charge on any atom is 0.163 e. The zero-order valence-corrected chi connectivity index (χ0v) is 14.0. The molecule has 1 aromatic heterocycles. The minimum atomic E-state index is 0.534. The molecule has 0 aliphatic carbocycles. The van der Waals surface area contributed by atoms with E-state index in [1.807, 2.05) is 54.6 Å². The fourth-order valence-corrected chi connectivity index (χ4v) is 2.57. The van der Waals surface area contributed by atoms with E-state index >= 15 is 0 Å². The molecule has 3 aromatic rings. The Balaban J connectivity index is 2.26. The Bertz CT molecular complexity index is 856. The van der Waals surface area contributed by atoms with E-state index in [0.29, 0.717) is 11.6 Å². The van der Waals surface area contributed by atoms with Gasteiger partial charge in [-0.2, -0.15) is 0 Å². The van der Waals surface area contributed by atoms with Crippen LogP contribution in [0.2, 0.25) is 0 Å². The third-order valence-corrected chi connectivity index (χ3v) is 3.96. The zero-order chi connectivity index (χ0) is 16.2. The Labute approximate surface area is 143 Å². The fraction of sp³-hybridized carbons (Fsp3) is 0. The van der Waals surface area contributed by atoms with Gasteiger partial charge in [0.1, 0.15) is 0 Å². The van der Waals surface area contributed by atoms with Gasteiger partial charge in [0.25, 0.3) is 0 Å². The van der Waals surface area contributed by atoms with Crippen molar-refractivity contribution in [2.24, 2.45) is 4.99 Å². The van der Waals surface area contributed by atoms with Crippen LogP contribution in [0.4, 0.5) is 5.82 Å². The first-order valence-corrected chi connectivity index (χ1v) is 7.85. The number of aliphatic imine (C=N–C) groups is 1. The van der Waals surface area contributed by atoms with Crippen LogP contribution in [-0.2, 0) is 0 Å². The Hall–Kier alpha value is -2.59. The highest BCUT2D eigenvalue weighted by atomic mass is 79.9. The predicted octanol–water partition coefficient (Wildman–Crippen LogP) is 5.55. The van der Waals surface area contributed by atoms with Crippen molar-refractivity contribution in [1.82, 2.24) is 9.97 Å². The van der Waals surface area contributed by atoms with Gasteiger partial charge in [0.15, 0.2) is 11.6 Å². The van der Waals surface area contributed by atoms with Crippen molar-refractivity contribution >= 4 is 34.5 Å². The third-order valence-electron chi connectivity index (χ3n) is 3.43. The van der Waals surface area contributed by atoms with Gasteiger partial charge in [0, 0.05) is 21.2 Å². The third kappa shape index (κ3) is 3.12. The summed E-state index contributed by atoms with van der Waals surface area (Å²) in [6, 6.07) is 17.8. The molecule has 2 aromatic carbocycles. The van der Waals surface area contributed by atoms with Crippen LogP contribution in [0.25, 0.3) is 28.7 Å². The predicted molar refractivity (Wildman–Crippen MR) is 99.9 cm³/mol. The van der Waals surface area contributed by atoms with Crippen LogP contribution >= 0.6 is 15.9 Å². The van der Waals surface area contributed by atoms with Gasteiger partial charge in [0.2, 0.25) is 0 Å². The monoisotopic (exact) mass is 363 g/mol. The Morgan fingerprint density at radius 3 is 2.22 bits per heavy atom. The number of nitrogens with zero attached hydrogens (tertiary/aromatic N) is 3. The summed E-state index contributed by atoms with van der Waals surface area (Å²) in [5.41, 5.74) is 3.49. The van der Waals surface area contributed by atoms with Gasteiger partial charge in [-0.05, 0) is 18.9 Å². The second-order valence-corrected chi connectivity index (χ2v) is 5.78. The normalized spacial score (nSPS) is 10.3. The van der Waals surface area contributed by atoms with Crippen molar-refractivity contribution in [3.8, 4) is 22.6 Å². The maximum absolute atomic E-state index is 4.74. The zero-order valence-electron chi connectivity index (χ0n) is 12.4. The molecule has 0 saturated heterocycles. The summed E-state index contributed by atoms with van der Waals surface area (Å²) in [5.74, 6) is 1.16. The number of hydrogen-bond acceptors (Lipinski definition) is 3. The summed E-state index contributed by atoms with van der Waals surface area (Å²) in [6.45, 7) is 7.50. The van der Waals surface area contributed by atoms with Crippen LogP contribution in [-0.4, -0.2) is 16.7 Å². The molecule has 1 heterocycles. The molecular formula is C19H14BrN3. The summed E-state index contributed by atoms with van der Waals surface area (Å²) in [5, 5.41) is 0. The molecule has 0 atom stereocenters. The lowest BCUT2D eigenvalue weighted by Gasteiger charge is -2.11. The molecule has 0 amide bonds. The van der Waals surface area contributed by atoms with Crippen LogP contribution in [0.1, 0.15) is 5.56 Å². The Kier molecular flexibility index (Phi) is 4.44. The van der Waals surface area contributed by atoms with E-state index in [-0.39, 0.29) is 0 Å². The molecule has 3 rings (SSSR count). The number of hydrogen-bond donors (Lipinski definition) is 0. The average Bonchev–Trinajstić information content (AvgIpc) is 2.62. The molecule has 0 bridgehead atoms. The Morgan fingerprint density at radius 1 is 0.913 bits per heavy atom. The first kappa shape index (κ1) is 15.3. The fourth-order valence-electron chi connectivity index (χ4n) is 2.31. The van der Waals surface area contributed by atoms with Crippen molar-refractivity contribution in [2.45, 2.75) is 0 Å². The standard InChI is InChI=1S/C19H14BrN3/c1-3-16-17(13-9-11-15(20)12-10-13)22-18(23-19(16)21-2)14-7-5-4-6-8-14/h3-12H,1-2H2. The molecule has 0 fully saturated rings. The minimum absolute atomic E-state index is 0.534. The van der Waals surface area contributed by atoms with Gasteiger partial charge in [-0.1, -0.05) is 71.0 Å². The molecule has 23 heavy (non-hydrogen) atoms. The molecule has 0 aliphatic rings. The van der Waals surface area contributed by atoms with E-state index in [1.54, 1.807) is 6.08 Å². The van der Waals surface area contributed by atoms with Crippen molar-refractivity contribution in [1.29, 1.82) is 0 Å². The maximum atomic E-state index is 4.74. The molecule has 0 spiro atoms. The lowest BCUT2D eigenvalue weighted by Crippen LogP contribution is -1.96. The highest BCUT2D eigenvalue weighted by molar-refractivity contribution is 9.10. The van der Waals surface area contributed by atoms with E-state index in [9.17, 15) is 0 Å². The number of rotatable bonds is 4. The molecule has 112 valence electrons. The van der Waals surface area contributed by atoms with Crippen LogP contribution in [0, 0.1) is 0 Å². The molecule has 4 heteroatoms. The van der Waals surface area contributed by atoms with Crippen LogP contribution in [0.15, 0.2) is 70.6 Å². The first-order valence-electron chi connectivity index (χ1n) is 7.05. The molecular weight excluding hydrogens is 350 g/mol. The molecule has 0 radical (unpaired) electrons. The van der Waals surface area contributed by atoms with Crippen LogP contribution in [0.3, 0.4) is 0 Å². The average molecular weight is 364 g/mol. The van der Waals surface area contributed by atoms with Gasteiger partial charge in [-0.15, -0.1) is 0 Å². The van der Waals surface area contributed by atoms with Crippen LogP contribution < -0.4 is 0 Å². The number of halogens is 1. The van der Waals surface area contributed by atoms with Gasteiger partial charge in [-0.25, -0.2) is 15.0 Å². The lowest BCUT2D eigenvalue weighted by molar-refractivity contribution is 1.16. The molecule has 0 N–H and O–H groups in total. The number of aromatic nitrogens is 2. The van der Waals surface area contributed by atoms with Gasteiger partial charge < -0.3 is 0 Å². The van der Waals surface area contributed by atoms with E-state index in [4.69, 9.17) is 4.98 Å². The van der Waals surface area contributed by atoms with Crippen molar-refractivity contribution in [3.05, 3.63) is 71.2 Å². The number of benzene rings is 2. The largest absolute Gasteiger partial charge is 0.244 e. The smallest absolute Gasteiger partial charge is 0.163 e.